The van der Waals surface area contributed by atoms with Crippen LogP contribution in [0.5, 0.6) is 0 Å². The predicted molar refractivity (Wildman–Crippen MR) is 47.5 cm³/mol. The normalized spacial score (nSPS) is 21.8. The van der Waals surface area contributed by atoms with Crippen LogP contribution < -0.4 is 10.6 Å². The molecule has 0 bridgehead atoms. The van der Waals surface area contributed by atoms with Crippen molar-refractivity contribution >= 4 is 12.2 Å². The number of aromatic amines is 1. The molecule has 0 aliphatic heterocycles. The molecule has 1 N–H and O–H groups in total. The standard InChI is InChI=1S/C10H13N/c1-7-3-4-10-9(5-7)6-8(2)11-10/h4-7,11H,3H2,1-2H3. The van der Waals surface area contributed by atoms with Crippen LogP contribution in [0.2, 0.25) is 0 Å². The summed E-state index contributed by atoms with van der Waals surface area (Å²) in [7, 11) is 0. The smallest absolute Gasteiger partial charge is 0.0412 e. The van der Waals surface area contributed by atoms with Crippen molar-refractivity contribution in [3.05, 3.63) is 22.3 Å². The lowest BCUT2D eigenvalue weighted by atomic mass is 10.0. The molecule has 0 aromatic carbocycles. The van der Waals surface area contributed by atoms with E-state index in [-0.39, 0.29) is 0 Å². The van der Waals surface area contributed by atoms with Crippen LogP contribution in [0.3, 0.4) is 0 Å². The van der Waals surface area contributed by atoms with Gasteiger partial charge in [-0.1, -0.05) is 19.1 Å². The third-order valence-corrected chi connectivity index (χ3v) is 2.17. The molecule has 2 rings (SSSR count). The highest BCUT2D eigenvalue weighted by Gasteiger charge is 2.01. The molecule has 11 heavy (non-hydrogen) atoms. The van der Waals surface area contributed by atoms with Gasteiger partial charge in [0.1, 0.15) is 0 Å². The molecule has 58 valence electrons. The number of hydrogen-bond acceptors (Lipinski definition) is 0. The number of aromatic nitrogens is 1. The second-order valence-corrected chi connectivity index (χ2v) is 3.41. The van der Waals surface area contributed by atoms with Crippen LogP contribution in [0.25, 0.3) is 12.2 Å². The lowest BCUT2D eigenvalue weighted by Crippen LogP contribution is -2.26. The zero-order valence-electron chi connectivity index (χ0n) is 7.02. The van der Waals surface area contributed by atoms with Gasteiger partial charge in [0.05, 0.1) is 0 Å². The molecule has 1 aliphatic carbocycles. The van der Waals surface area contributed by atoms with Crippen LogP contribution in [0.1, 0.15) is 19.0 Å². The SMILES string of the molecule is Cc1cc2c([nH]1)=CCC(C)C=2. The summed E-state index contributed by atoms with van der Waals surface area (Å²) in [5.74, 6) is 0.706. The molecule has 0 saturated carbocycles. The van der Waals surface area contributed by atoms with Gasteiger partial charge in [0, 0.05) is 11.0 Å². The molecular weight excluding hydrogens is 134 g/mol. The third kappa shape index (κ3) is 1.11. The molecule has 0 fully saturated rings. The molecule has 0 radical (unpaired) electrons. The van der Waals surface area contributed by atoms with E-state index in [4.69, 9.17) is 0 Å². The second-order valence-electron chi connectivity index (χ2n) is 3.41. The minimum absolute atomic E-state index is 0.706. The Hall–Kier alpha value is -0.980. The van der Waals surface area contributed by atoms with Gasteiger partial charge in [0.25, 0.3) is 0 Å². The van der Waals surface area contributed by atoms with E-state index in [1.54, 1.807) is 0 Å². The fourth-order valence-electron chi connectivity index (χ4n) is 1.62. The first kappa shape index (κ1) is 6.71. The number of nitrogens with one attached hydrogen (secondary N) is 1. The van der Waals surface area contributed by atoms with Crippen LogP contribution >= 0.6 is 0 Å². The van der Waals surface area contributed by atoms with Gasteiger partial charge in [0.2, 0.25) is 0 Å². The summed E-state index contributed by atoms with van der Waals surface area (Å²) in [5.41, 5.74) is 1.26. The summed E-state index contributed by atoms with van der Waals surface area (Å²) < 4.78 is 0. The van der Waals surface area contributed by atoms with Gasteiger partial charge < -0.3 is 4.98 Å². The van der Waals surface area contributed by atoms with Gasteiger partial charge in [-0.05, 0) is 30.5 Å². The number of rotatable bonds is 0. The lowest BCUT2D eigenvalue weighted by Gasteiger charge is -2.03. The predicted octanol–water partition coefficient (Wildman–Crippen LogP) is 0.924. The Kier molecular flexibility index (Phi) is 1.38. The van der Waals surface area contributed by atoms with Crippen molar-refractivity contribution in [2.24, 2.45) is 5.92 Å². The molecule has 1 unspecified atom stereocenters. The Balaban J connectivity index is 2.72. The van der Waals surface area contributed by atoms with Gasteiger partial charge in [-0.25, -0.2) is 0 Å². The van der Waals surface area contributed by atoms with E-state index in [2.05, 4.69) is 37.0 Å². The Labute approximate surface area is 66.4 Å². The highest BCUT2D eigenvalue weighted by molar-refractivity contribution is 5.39. The Morgan fingerprint density at radius 1 is 1.55 bits per heavy atom. The Morgan fingerprint density at radius 2 is 2.36 bits per heavy atom. The van der Waals surface area contributed by atoms with Crippen molar-refractivity contribution in [1.82, 2.24) is 4.98 Å². The zero-order chi connectivity index (χ0) is 7.84. The molecule has 1 nitrogen and oxygen atoms in total. The van der Waals surface area contributed by atoms with E-state index in [0.717, 1.165) is 0 Å². The summed E-state index contributed by atoms with van der Waals surface area (Å²) in [6, 6.07) is 2.21. The molecule has 0 spiro atoms. The molecule has 1 heterocycles. The Bertz CT molecular complexity index is 370. The van der Waals surface area contributed by atoms with E-state index < -0.39 is 0 Å². The van der Waals surface area contributed by atoms with Crippen molar-refractivity contribution < 1.29 is 0 Å². The van der Waals surface area contributed by atoms with Crippen LogP contribution in [0.15, 0.2) is 6.07 Å². The largest absolute Gasteiger partial charge is 0.359 e. The van der Waals surface area contributed by atoms with Crippen LogP contribution in [-0.2, 0) is 0 Å². The topological polar surface area (TPSA) is 15.8 Å². The molecule has 1 atom stereocenters. The molecule has 1 heteroatoms. The maximum absolute atomic E-state index is 3.33. The number of hydrogen-bond donors (Lipinski definition) is 1. The fraction of sp³-hybridized carbons (Fsp3) is 0.400. The van der Waals surface area contributed by atoms with Crippen LogP contribution in [0.4, 0.5) is 0 Å². The molecular formula is C10H13N. The molecule has 1 aliphatic rings. The van der Waals surface area contributed by atoms with Crippen molar-refractivity contribution in [2.75, 3.05) is 0 Å². The number of fused-ring (bicyclic) bond motifs is 1. The fourth-order valence-corrected chi connectivity index (χ4v) is 1.62. The summed E-state index contributed by atoms with van der Waals surface area (Å²) >= 11 is 0. The average Bonchev–Trinajstić information content (AvgIpc) is 2.27. The molecule has 1 aromatic heterocycles. The monoisotopic (exact) mass is 147 g/mol. The van der Waals surface area contributed by atoms with E-state index in [1.807, 2.05) is 0 Å². The summed E-state index contributed by atoms with van der Waals surface area (Å²) in [4.78, 5) is 3.33. The minimum atomic E-state index is 0.706. The zero-order valence-corrected chi connectivity index (χ0v) is 7.02. The minimum Gasteiger partial charge on any atom is -0.359 e. The molecule has 0 saturated heterocycles. The lowest BCUT2D eigenvalue weighted by molar-refractivity contribution is 0.798. The summed E-state index contributed by atoms with van der Waals surface area (Å²) in [6.07, 6.45) is 5.79. The first-order valence-corrected chi connectivity index (χ1v) is 4.13. The number of H-pyrrole nitrogens is 1. The third-order valence-electron chi connectivity index (χ3n) is 2.17. The van der Waals surface area contributed by atoms with Crippen molar-refractivity contribution in [2.45, 2.75) is 20.3 Å². The summed E-state index contributed by atoms with van der Waals surface area (Å²) in [6.45, 7) is 4.35. The van der Waals surface area contributed by atoms with Crippen molar-refractivity contribution in [1.29, 1.82) is 0 Å². The molecule has 0 amide bonds. The maximum Gasteiger partial charge on any atom is 0.0412 e. The quantitative estimate of drug-likeness (QED) is 0.561. The second kappa shape index (κ2) is 2.26. The highest BCUT2D eigenvalue weighted by Crippen LogP contribution is 2.05. The number of aryl methyl sites for hydroxylation is 1. The van der Waals surface area contributed by atoms with Crippen LogP contribution in [0, 0.1) is 12.8 Å². The maximum atomic E-state index is 3.33. The van der Waals surface area contributed by atoms with Gasteiger partial charge in [-0.15, -0.1) is 0 Å². The molecule has 1 aromatic rings. The Morgan fingerprint density at radius 3 is 3.18 bits per heavy atom. The highest BCUT2D eigenvalue weighted by atomic mass is 14.7. The van der Waals surface area contributed by atoms with Crippen molar-refractivity contribution in [3.8, 4) is 0 Å². The van der Waals surface area contributed by atoms with E-state index in [9.17, 15) is 0 Å². The summed E-state index contributed by atoms with van der Waals surface area (Å²) in [5, 5.41) is 2.68. The van der Waals surface area contributed by atoms with E-state index in [0.29, 0.717) is 5.92 Å². The van der Waals surface area contributed by atoms with E-state index in [1.165, 1.54) is 22.7 Å². The first-order valence-electron chi connectivity index (χ1n) is 4.13. The van der Waals surface area contributed by atoms with Crippen LogP contribution in [-0.4, -0.2) is 4.98 Å². The van der Waals surface area contributed by atoms with Gasteiger partial charge in [0.15, 0.2) is 0 Å². The van der Waals surface area contributed by atoms with Gasteiger partial charge >= 0.3 is 0 Å². The van der Waals surface area contributed by atoms with E-state index >= 15 is 0 Å². The van der Waals surface area contributed by atoms with Gasteiger partial charge in [-0.3, -0.25) is 0 Å². The van der Waals surface area contributed by atoms with Gasteiger partial charge in [-0.2, -0.15) is 0 Å². The average molecular weight is 147 g/mol. The first-order chi connectivity index (χ1) is 5.25. The van der Waals surface area contributed by atoms with Crippen molar-refractivity contribution in [3.63, 3.8) is 0 Å².